The fourth-order valence-electron chi connectivity index (χ4n) is 2.47. The summed E-state index contributed by atoms with van der Waals surface area (Å²) in [5.41, 5.74) is 0. The van der Waals surface area contributed by atoms with Crippen LogP contribution in [0.1, 0.15) is 72.6 Å². The Morgan fingerprint density at radius 2 is 1.47 bits per heavy atom. The van der Waals surface area contributed by atoms with Crippen LogP contribution < -0.4 is 0 Å². The van der Waals surface area contributed by atoms with Gasteiger partial charge in [0, 0.05) is 13.0 Å². The molecule has 19 heavy (non-hydrogen) atoms. The van der Waals surface area contributed by atoms with Gasteiger partial charge in [-0.3, -0.25) is 9.69 Å². The molecule has 0 aromatic rings. The third-order valence-corrected chi connectivity index (χ3v) is 3.36. The molecule has 0 aliphatic heterocycles. The number of hydrogen-bond donors (Lipinski definition) is 0. The van der Waals surface area contributed by atoms with Gasteiger partial charge in [0.25, 0.3) is 0 Å². The maximum absolute atomic E-state index is 11.8. The Bertz CT molecular complexity index is 223. The van der Waals surface area contributed by atoms with Crippen molar-refractivity contribution in [3.63, 3.8) is 0 Å². The smallest absolute Gasteiger partial charge is 0.146 e. The van der Waals surface area contributed by atoms with Crippen LogP contribution >= 0.6 is 0 Å². The van der Waals surface area contributed by atoms with Crippen molar-refractivity contribution in [1.82, 2.24) is 4.90 Å². The average molecular weight is 269 g/mol. The van der Waals surface area contributed by atoms with Crippen LogP contribution in [0.15, 0.2) is 0 Å². The van der Waals surface area contributed by atoms with Crippen LogP contribution in [0.2, 0.25) is 0 Å². The van der Waals surface area contributed by atoms with Crippen molar-refractivity contribution >= 4 is 5.78 Å². The van der Waals surface area contributed by atoms with Crippen LogP contribution in [0.5, 0.6) is 0 Å². The molecule has 0 aromatic heterocycles. The van der Waals surface area contributed by atoms with Crippen LogP contribution in [0.25, 0.3) is 0 Å². The van der Waals surface area contributed by atoms with Crippen molar-refractivity contribution in [3.05, 3.63) is 0 Å². The number of carbonyl (C=O) groups excluding carboxylic acids is 1. The largest absolute Gasteiger partial charge is 0.299 e. The van der Waals surface area contributed by atoms with Crippen LogP contribution in [-0.4, -0.2) is 30.8 Å². The third kappa shape index (κ3) is 13.9. The van der Waals surface area contributed by atoms with Gasteiger partial charge in [0.05, 0.1) is 6.54 Å². The molecule has 0 fully saturated rings. The van der Waals surface area contributed by atoms with E-state index in [2.05, 4.69) is 32.6 Å². The molecule has 114 valence electrons. The third-order valence-electron chi connectivity index (χ3n) is 3.36. The van der Waals surface area contributed by atoms with E-state index in [1.807, 2.05) is 7.05 Å². The zero-order valence-electron chi connectivity index (χ0n) is 13.9. The molecular formula is C17H35NO. The number of unbranched alkanes of at least 4 members (excludes halogenated alkanes) is 4. The molecule has 0 aromatic carbocycles. The summed E-state index contributed by atoms with van der Waals surface area (Å²) in [6, 6.07) is 0. The minimum Gasteiger partial charge on any atom is -0.299 e. The predicted molar refractivity (Wildman–Crippen MR) is 84.5 cm³/mol. The van der Waals surface area contributed by atoms with Crippen LogP contribution in [-0.2, 0) is 4.79 Å². The average Bonchev–Trinajstić information content (AvgIpc) is 2.25. The van der Waals surface area contributed by atoms with E-state index in [1.54, 1.807) is 0 Å². The van der Waals surface area contributed by atoms with Crippen molar-refractivity contribution in [1.29, 1.82) is 0 Å². The molecule has 0 aliphatic carbocycles. The van der Waals surface area contributed by atoms with E-state index < -0.39 is 0 Å². The first kappa shape index (κ1) is 18.6. The first-order chi connectivity index (χ1) is 8.91. The Morgan fingerprint density at radius 1 is 0.895 bits per heavy atom. The van der Waals surface area contributed by atoms with Gasteiger partial charge < -0.3 is 0 Å². The van der Waals surface area contributed by atoms with Crippen LogP contribution in [0.3, 0.4) is 0 Å². The van der Waals surface area contributed by atoms with E-state index >= 15 is 0 Å². The van der Waals surface area contributed by atoms with Gasteiger partial charge in [0.15, 0.2) is 0 Å². The molecule has 0 heterocycles. The molecule has 0 N–H and O–H groups in total. The highest BCUT2D eigenvalue weighted by Crippen LogP contribution is 2.11. The van der Waals surface area contributed by atoms with Crippen LogP contribution in [0, 0.1) is 11.8 Å². The molecule has 0 saturated carbocycles. The molecule has 0 unspecified atom stereocenters. The topological polar surface area (TPSA) is 20.3 Å². The summed E-state index contributed by atoms with van der Waals surface area (Å²) in [6.07, 6.45) is 8.39. The van der Waals surface area contributed by atoms with E-state index in [1.165, 1.54) is 32.1 Å². The Hall–Kier alpha value is -0.370. The number of carbonyl (C=O) groups is 1. The highest BCUT2D eigenvalue weighted by atomic mass is 16.1. The number of Topliss-reactive ketones (excluding diaryl/α,β-unsaturated/α-hetero) is 1. The molecule has 0 saturated heterocycles. The molecule has 0 amide bonds. The quantitative estimate of drug-likeness (QED) is 0.485. The summed E-state index contributed by atoms with van der Waals surface area (Å²) in [4.78, 5) is 13.9. The first-order valence-corrected chi connectivity index (χ1v) is 8.12. The molecule has 0 rings (SSSR count). The van der Waals surface area contributed by atoms with Gasteiger partial charge in [-0.05, 0) is 25.3 Å². The number of likely N-dealkylation sites (N-methyl/N-ethyl adjacent to an activating group) is 1. The minimum atomic E-state index is 0.408. The van der Waals surface area contributed by atoms with Gasteiger partial charge >= 0.3 is 0 Å². The monoisotopic (exact) mass is 269 g/mol. The molecule has 2 heteroatoms. The molecule has 0 bridgehead atoms. The standard InChI is InChI=1S/C17H35NO/c1-15(2)11-9-7-6-8-10-12-17(19)14-18(5)13-16(3)4/h15-16H,6-14H2,1-5H3. The summed E-state index contributed by atoms with van der Waals surface area (Å²) < 4.78 is 0. The minimum absolute atomic E-state index is 0.408. The lowest BCUT2D eigenvalue weighted by molar-refractivity contribution is -0.120. The SMILES string of the molecule is CC(C)CCCCCCCC(=O)CN(C)CC(C)C. The van der Waals surface area contributed by atoms with Gasteiger partial charge in [-0.25, -0.2) is 0 Å². The molecule has 0 atom stereocenters. The van der Waals surface area contributed by atoms with E-state index in [9.17, 15) is 4.79 Å². The number of hydrogen-bond acceptors (Lipinski definition) is 2. The van der Waals surface area contributed by atoms with Crippen molar-refractivity contribution in [2.24, 2.45) is 11.8 Å². The number of nitrogens with zero attached hydrogens (tertiary/aromatic N) is 1. The van der Waals surface area contributed by atoms with E-state index in [-0.39, 0.29) is 0 Å². The van der Waals surface area contributed by atoms with Crippen molar-refractivity contribution in [2.45, 2.75) is 72.6 Å². The highest BCUT2D eigenvalue weighted by Gasteiger charge is 2.07. The summed E-state index contributed by atoms with van der Waals surface area (Å²) >= 11 is 0. The second kappa shape index (κ2) is 11.5. The van der Waals surface area contributed by atoms with E-state index in [0.717, 1.165) is 25.3 Å². The molecule has 0 radical (unpaired) electrons. The second-order valence-electron chi connectivity index (χ2n) is 6.83. The lowest BCUT2D eigenvalue weighted by Crippen LogP contribution is -2.29. The highest BCUT2D eigenvalue weighted by molar-refractivity contribution is 5.80. The first-order valence-electron chi connectivity index (χ1n) is 8.12. The fourth-order valence-corrected chi connectivity index (χ4v) is 2.47. The zero-order chi connectivity index (χ0) is 14.7. The summed E-state index contributed by atoms with van der Waals surface area (Å²) in [5, 5.41) is 0. The normalized spacial score (nSPS) is 11.8. The Labute approximate surface area is 120 Å². The lowest BCUT2D eigenvalue weighted by Gasteiger charge is -2.17. The summed E-state index contributed by atoms with van der Waals surface area (Å²) in [6.45, 7) is 10.6. The maximum atomic E-state index is 11.8. The van der Waals surface area contributed by atoms with Gasteiger partial charge in [-0.1, -0.05) is 59.8 Å². The molecular weight excluding hydrogens is 234 g/mol. The lowest BCUT2D eigenvalue weighted by atomic mass is 10.0. The second-order valence-corrected chi connectivity index (χ2v) is 6.83. The molecule has 0 aliphatic rings. The predicted octanol–water partition coefficient (Wildman–Crippen LogP) is 4.53. The van der Waals surface area contributed by atoms with E-state index in [4.69, 9.17) is 0 Å². The van der Waals surface area contributed by atoms with Gasteiger partial charge in [0.2, 0.25) is 0 Å². The fraction of sp³-hybridized carbons (Fsp3) is 0.941. The van der Waals surface area contributed by atoms with Crippen molar-refractivity contribution in [3.8, 4) is 0 Å². The molecule has 0 spiro atoms. The van der Waals surface area contributed by atoms with Crippen molar-refractivity contribution in [2.75, 3.05) is 20.1 Å². The van der Waals surface area contributed by atoms with Crippen LogP contribution in [0.4, 0.5) is 0 Å². The van der Waals surface area contributed by atoms with Gasteiger partial charge in [-0.2, -0.15) is 0 Å². The van der Waals surface area contributed by atoms with Gasteiger partial charge in [0.1, 0.15) is 5.78 Å². The Balaban J connectivity index is 3.38. The summed E-state index contributed by atoms with van der Waals surface area (Å²) in [7, 11) is 2.05. The number of ketones is 1. The number of rotatable bonds is 12. The van der Waals surface area contributed by atoms with Gasteiger partial charge in [-0.15, -0.1) is 0 Å². The Morgan fingerprint density at radius 3 is 2.05 bits per heavy atom. The maximum Gasteiger partial charge on any atom is 0.146 e. The van der Waals surface area contributed by atoms with E-state index in [0.29, 0.717) is 18.2 Å². The summed E-state index contributed by atoms with van der Waals surface area (Å²) in [5.74, 6) is 1.88. The zero-order valence-corrected chi connectivity index (χ0v) is 13.9. The Kier molecular flexibility index (Phi) is 11.2. The van der Waals surface area contributed by atoms with Crippen molar-refractivity contribution < 1.29 is 4.79 Å². The molecule has 2 nitrogen and oxygen atoms in total.